The molecule has 0 aromatic heterocycles. The molecule has 2 N–H and O–H groups in total. The van der Waals surface area contributed by atoms with Gasteiger partial charge in [-0.05, 0) is 57.1 Å². The molecular formula is C16H27N3. The third-order valence-corrected chi connectivity index (χ3v) is 4.20. The van der Waals surface area contributed by atoms with Gasteiger partial charge in [-0.25, -0.2) is 0 Å². The van der Waals surface area contributed by atoms with Crippen LogP contribution in [0.25, 0.3) is 0 Å². The van der Waals surface area contributed by atoms with Gasteiger partial charge in [0.15, 0.2) is 0 Å². The van der Waals surface area contributed by atoms with Gasteiger partial charge in [-0.15, -0.1) is 0 Å². The minimum Gasteiger partial charge on any atom is -0.370 e. The quantitative estimate of drug-likeness (QED) is 0.901. The van der Waals surface area contributed by atoms with E-state index in [4.69, 9.17) is 5.73 Å². The second kappa shape index (κ2) is 6.92. The van der Waals surface area contributed by atoms with Gasteiger partial charge < -0.3 is 15.5 Å². The fraction of sp³-hybridized carbons (Fsp3) is 0.625. The molecule has 2 rings (SSSR count). The van der Waals surface area contributed by atoms with Gasteiger partial charge in [0.1, 0.15) is 0 Å². The largest absolute Gasteiger partial charge is 0.370 e. The maximum Gasteiger partial charge on any atom is 0.0366 e. The summed E-state index contributed by atoms with van der Waals surface area (Å²) in [6, 6.07) is 9.62. The number of hydrogen-bond acceptors (Lipinski definition) is 3. The highest BCUT2D eigenvalue weighted by Gasteiger charge is 2.21. The second-order valence-corrected chi connectivity index (χ2v) is 5.53. The third kappa shape index (κ3) is 3.71. The average molecular weight is 261 g/mol. The second-order valence-electron chi connectivity index (χ2n) is 5.53. The summed E-state index contributed by atoms with van der Waals surface area (Å²) in [6.07, 6.45) is 3.42. The lowest BCUT2D eigenvalue weighted by Crippen LogP contribution is -2.40. The fourth-order valence-electron chi connectivity index (χ4n) is 2.86. The molecule has 1 aliphatic rings. The van der Waals surface area contributed by atoms with Gasteiger partial charge in [-0.3, -0.25) is 0 Å². The summed E-state index contributed by atoms with van der Waals surface area (Å²) >= 11 is 0. The molecule has 1 aromatic rings. The van der Waals surface area contributed by atoms with Crippen LogP contribution in [-0.4, -0.2) is 44.2 Å². The Morgan fingerprint density at radius 1 is 1.21 bits per heavy atom. The molecule has 1 saturated heterocycles. The van der Waals surface area contributed by atoms with E-state index in [1.54, 1.807) is 0 Å². The fourth-order valence-corrected chi connectivity index (χ4v) is 2.86. The van der Waals surface area contributed by atoms with Crippen LogP contribution in [0.15, 0.2) is 24.3 Å². The van der Waals surface area contributed by atoms with Crippen molar-refractivity contribution >= 4 is 5.69 Å². The van der Waals surface area contributed by atoms with Crippen LogP contribution >= 0.6 is 0 Å². The first-order valence-corrected chi connectivity index (χ1v) is 7.48. The molecule has 0 radical (unpaired) electrons. The Hall–Kier alpha value is -1.06. The number of hydrogen-bond donors (Lipinski definition) is 1. The van der Waals surface area contributed by atoms with E-state index in [9.17, 15) is 0 Å². The van der Waals surface area contributed by atoms with Crippen LogP contribution in [0.3, 0.4) is 0 Å². The smallest absolute Gasteiger partial charge is 0.0366 e. The molecule has 3 heteroatoms. The monoisotopic (exact) mass is 261 g/mol. The first-order chi connectivity index (χ1) is 9.24. The number of nitrogens with two attached hydrogens (primary N) is 1. The van der Waals surface area contributed by atoms with Gasteiger partial charge in [0.25, 0.3) is 0 Å². The molecule has 19 heavy (non-hydrogen) atoms. The zero-order valence-corrected chi connectivity index (χ0v) is 12.3. The van der Waals surface area contributed by atoms with Crippen LogP contribution in [0.4, 0.5) is 5.69 Å². The van der Waals surface area contributed by atoms with Crippen LogP contribution in [0, 0.1) is 0 Å². The molecule has 3 nitrogen and oxygen atoms in total. The van der Waals surface area contributed by atoms with E-state index >= 15 is 0 Å². The Morgan fingerprint density at radius 3 is 2.58 bits per heavy atom. The number of aryl methyl sites for hydroxylation is 1. The number of rotatable bonds is 4. The first kappa shape index (κ1) is 14.4. The van der Waals surface area contributed by atoms with E-state index in [0.717, 1.165) is 32.5 Å². The van der Waals surface area contributed by atoms with Crippen LogP contribution in [-0.2, 0) is 6.42 Å². The van der Waals surface area contributed by atoms with Crippen LogP contribution < -0.4 is 10.6 Å². The highest BCUT2D eigenvalue weighted by Crippen LogP contribution is 2.20. The van der Waals surface area contributed by atoms with Crippen molar-refractivity contribution in [2.45, 2.75) is 32.2 Å². The molecule has 1 heterocycles. The van der Waals surface area contributed by atoms with E-state index in [1.165, 1.54) is 24.2 Å². The summed E-state index contributed by atoms with van der Waals surface area (Å²) < 4.78 is 0. The Balaban J connectivity index is 2.08. The van der Waals surface area contributed by atoms with Gasteiger partial charge in [0.05, 0.1) is 0 Å². The Kier molecular flexibility index (Phi) is 5.23. The highest BCUT2D eigenvalue weighted by molar-refractivity contribution is 5.48. The summed E-state index contributed by atoms with van der Waals surface area (Å²) in [5, 5.41) is 0. The van der Waals surface area contributed by atoms with Gasteiger partial charge in [0, 0.05) is 24.8 Å². The topological polar surface area (TPSA) is 32.5 Å². The Bertz CT molecular complexity index is 374. The molecule has 1 unspecified atom stereocenters. The van der Waals surface area contributed by atoms with Crippen molar-refractivity contribution < 1.29 is 0 Å². The standard InChI is InChI=1S/C16H27N3/c1-3-14-5-7-15(8-6-14)19-12-4-11-18(2)16(13-19)9-10-17/h5-8,16H,3-4,9-13,17H2,1-2H3. The Morgan fingerprint density at radius 2 is 1.95 bits per heavy atom. The lowest BCUT2D eigenvalue weighted by molar-refractivity contribution is 0.251. The van der Waals surface area contributed by atoms with Gasteiger partial charge >= 0.3 is 0 Å². The lowest BCUT2D eigenvalue weighted by atomic mass is 10.1. The summed E-state index contributed by atoms with van der Waals surface area (Å²) in [5.74, 6) is 0. The maximum atomic E-state index is 5.75. The van der Waals surface area contributed by atoms with Crippen LogP contribution in [0.2, 0.25) is 0 Å². The van der Waals surface area contributed by atoms with Crippen molar-refractivity contribution in [3.8, 4) is 0 Å². The molecule has 0 amide bonds. The molecule has 1 aliphatic heterocycles. The molecule has 0 aliphatic carbocycles. The summed E-state index contributed by atoms with van der Waals surface area (Å²) in [6.45, 7) is 6.40. The van der Waals surface area contributed by atoms with Crippen molar-refractivity contribution in [3.05, 3.63) is 29.8 Å². The normalized spacial score (nSPS) is 21.4. The molecule has 1 fully saturated rings. The summed E-state index contributed by atoms with van der Waals surface area (Å²) in [4.78, 5) is 4.98. The van der Waals surface area contributed by atoms with Crippen molar-refractivity contribution in [2.75, 3.05) is 38.1 Å². The molecule has 1 atom stereocenters. The van der Waals surface area contributed by atoms with E-state index in [-0.39, 0.29) is 0 Å². The minimum atomic E-state index is 0.582. The summed E-state index contributed by atoms with van der Waals surface area (Å²) in [5.41, 5.74) is 8.52. The number of anilines is 1. The van der Waals surface area contributed by atoms with E-state index in [0.29, 0.717) is 6.04 Å². The molecule has 1 aromatic carbocycles. The predicted molar refractivity (Wildman–Crippen MR) is 82.7 cm³/mol. The molecule has 0 bridgehead atoms. The van der Waals surface area contributed by atoms with Crippen molar-refractivity contribution in [1.29, 1.82) is 0 Å². The highest BCUT2D eigenvalue weighted by atomic mass is 15.2. The minimum absolute atomic E-state index is 0.582. The summed E-state index contributed by atoms with van der Waals surface area (Å²) in [7, 11) is 2.23. The zero-order valence-electron chi connectivity index (χ0n) is 12.3. The Labute approximate surface area is 117 Å². The van der Waals surface area contributed by atoms with Crippen molar-refractivity contribution in [1.82, 2.24) is 4.90 Å². The predicted octanol–water partition coefficient (Wildman–Crippen LogP) is 2.11. The van der Waals surface area contributed by atoms with Crippen LogP contribution in [0.1, 0.15) is 25.3 Å². The van der Waals surface area contributed by atoms with Gasteiger partial charge in [-0.2, -0.15) is 0 Å². The molecule has 0 spiro atoms. The zero-order chi connectivity index (χ0) is 13.7. The molecular weight excluding hydrogens is 234 g/mol. The van der Waals surface area contributed by atoms with Crippen molar-refractivity contribution in [2.24, 2.45) is 5.73 Å². The lowest BCUT2D eigenvalue weighted by Gasteiger charge is -2.30. The average Bonchev–Trinajstić information content (AvgIpc) is 2.62. The van der Waals surface area contributed by atoms with E-state index < -0.39 is 0 Å². The third-order valence-electron chi connectivity index (χ3n) is 4.20. The van der Waals surface area contributed by atoms with Crippen molar-refractivity contribution in [3.63, 3.8) is 0 Å². The SMILES string of the molecule is CCc1ccc(N2CCCN(C)C(CCN)C2)cc1. The number of benzene rings is 1. The number of likely N-dealkylation sites (N-methyl/N-ethyl adjacent to an activating group) is 1. The first-order valence-electron chi connectivity index (χ1n) is 7.48. The van der Waals surface area contributed by atoms with E-state index in [2.05, 4.69) is 48.0 Å². The maximum absolute atomic E-state index is 5.75. The van der Waals surface area contributed by atoms with Gasteiger partial charge in [-0.1, -0.05) is 19.1 Å². The van der Waals surface area contributed by atoms with Crippen LogP contribution in [0.5, 0.6) is 0 Å². The number of nitrogens with zero attached hydrogens (tertiary/aromatic N) is 2. The molecule has 0 saturated carbocycles. The van der Waals surface area contributed by atoms with Gasteiger partial charge in [0.2, 0.25) is 0 Å². The van der Waals surface area contributed by atoms with E-state index in [1.807, 2.05) is 0 Å². The molecule has 106 valence electrons.